The Labute approximate surface area is 132 Å². The first-order valence-corrected chi connectivity index (χ1v) is 6.57. The molecular weight excluding hydrogens is 335 g/mol. The maximum atomic E-state index is 12.1. The van der Waals surface area contributed by atoms with Gasteiger partial charge in [-0.3, -0.25) is 0 Å². The number of rotatable bonds is 3. The standard InChI is InChI=1S/C13H7ClF3N5O/c14-10-6-5-9-11(19-10)12(21-22-20-9)18-7-1-3-8(4-2-7)23-13(15,16)17/h1-6H,(H,18,20,21). The molecule has 0 bridgehead atoms. The average Bonchev–Trinajstić information content (AvgIpc) is 2.48. The minimum atomic E-state index is -4.73. The van der Waals surface area contributed by atoms with Crippen LogP contribution in [0.3, 0.4) is 0 Å². The van der Waals surface area contributed by atoms with Gasteiger partial charge in [0.05, 0.1) is 0 Å². The van der Waals surface area contributed by atoms with Gasteiger partial charge in [-0.25, -0.2) is 4.98 Å². The van der Waals surface area contributed by atoms with E-state index in [0.29, 0.717) is 16.7 Å². The molecule has 0 aliphatic heterocycles. The molecule has 2 aromatic heterocycles. The summed E-state index contributed by atoms with van der Waals surface area (Å²) >= 11 is 5.84. The number of pyridine rings is 1. The van der Waals surface area contributed by atoms with Crippen LogP contribution in [0, 0.1) is 0 Å². The number of benzene rings is 1. The van der Waals surface area contributed by atoms with Crippen LogP contribution in [0.25, 0.3) is 11.0 Å². The van der Waals surface area contributed by atoms with E-state index in [2.05, 4.69) is 30.4 Å². The van der Waals surface area contributed by atoms with Gasteiger partial charge in [0.1, 0.15) is 21.9 Å². The summed E-state index contributed by atoms with van der Waals surface area (Å²) in [5, 5.41) is 14.4. The molecule has 3 aromatic rings. The predicted octanol–water partition coefficient (Wildman–Crippen LogP) is 3.72. The quantitative estimate of drug-likeness (QED) is 0.732. The fourth-order valence-corrected chi connectivity index (χ4v) is 1.95. The maximum Gasteiger partial charge on any atom is 0.573 e. The molecule has 0 saturated carbocycles. The van der Waals surface area contributed by atoms with Crippen LogP contribution >= 0.6 is 11.6 Å². The Bertz CT molecular complexity index is 841. The van der Waals surface area contributed by atoms with Crippen molar-refractivity contribution in [1.29, 1.82) is 0 Å². The molecule has 2 heterocycles. The van der Waals surface area contributed by atoms with Gasteiger partial charge in [-0.15, -0.1) is 23.4 Å². The van der Waals surface area contributed by atoms with Crippen LogP contribution in [0.4, 0.5) is 24.7 Å². The molecule has 3 rings (SSSR count). The molecule has 1 N–H and O–H groups in total. The zero-order valence-corrected chi connectivity index (χ0v) is 11.9. The Kier molecular flexibility index (Phi) is 3.87. The molecule has 0 aliphatic carbocycles. The lowest BCUT2D eigenvalue weighted by atomic mass is 10.3. The minimum absolute atomic E-state index is 0.254. The van der Waals surface area contributed by atoms with Crippen LogP contribution in [-0.2, 0) is 0 Å². The number of aromatic nitrogens is 4. The third-order valence-electron chi connectivity index (χ3n) is 2.71. The summed E-state index contributed by atoms with van der Waals surface area (Å²) in [5.41, 5.74) is 1.34. The highest BCUT2D eigenvalue weighted by atomic mass is 35.5. The van der Waals surface area contributed by atoms with Gasteiger partial charge >= 0.3 is 6.36 Å². The van der Waals surface area contributed by atoms with Crippen molar-refractivity contribution in [3.8, 4) is 5.75 Å². The molecule has 23 heavy (non-hydrogen) atoms. The number of nitrogens with one attached hydrogen (secondary N) is 1. The van der Waals surface area contributed by atoms with E-state index in [1.165, 1.54) is 24.3 Å². The zero-order chi connectivity index (χ0) is 16.4. The van der Waals surface area contributed by atoms with Gasteiger partial charge < -0.3 is 10.1 Å². The molecule has 10 heteroatoms. The SMILES string of the molecule is FC(F)(F)Oc1ccc(Nc2nnnc3ccc(Cl)nc23)cc1. The molecule has 0 unspecified atom stereocenters. The van der Waals surface area contributed by atoms with E-state index in [9.17, 15) is 13.2 Å². The second-order valence-electron chi connectivity index (χ2n) is 4.34. The normalized spacial score (nSPS) is 11.5. The van der Waals surface area contributed by atoms with Gasteiger partial charge in [-0.2, -0.15) is 0 Å². The first-order chi connectivity index (χ1) is 10.9. The zero-order valence-electron chi connectivity index (χ0n) is 11.2. The number of nitrogens with zero attached hydrogens (tertiary/aromatic N) is 4. The van der Waals surface area contributed by atoms with E-state index >= 15 is 0 Å². The van der Waals surface area contributed by atoms with Crippen molar-refractivity contribution in [2.45, 2.75) is 6.36 Å². The van der Waals surface area contributed by atoms with Crippen LogP contribution in [-0.4, -0.2) is 26.8 Å². The molecule has 0 radical (unpaired) electrons. The highest BCUT2D eigenvalue weighted by Gasteiger charge is 2.30. The summed E-state index contributed by atoms with van der Waals surface area (Å²) in [4.78, 5) is 4.10. The van der Waals surface area contributed by atoms with Crippen molar-refractivity contribution in [2.24, 2.45) is 0 Å². The average molecular weight is 342 g/mol. The lowest BCUT2D eigenvalue weighted by Gasteiger charge is -2.10. The fraction of sp³-hybridized carbons (Fsp3) is 0.0769. The lowest BCUT2D eigenvalue weighted by molar-refractivity contribution is -0.274. The van der Waals surface area contributed by atoms with Crippen LogP contribution in [0.5, 0.6) is 5.75 Å². The Morgan fingerprint density at radius 3 is 2.43 bits per heavy atom. The highest BCUT2D eigenvalue weighted by Crippen LogP contribution is 2.26. The summed E-state index contributed by atoms with van der Waals surface area (Å²) in [6.45, 7) is 0. The summed E-state index contributed by atoms with van der Waals surface area (Å²) in [7, 11) is 0. The van der Waals surface area contributed by atoms with Crippen molar-refractivity contribution in [2.75, 3.05) is 5.32 Å². The molecule has 0 atom stereocenters. The summed E-state index contributed by atoms with van der Waals surface area (Å²) in [6.07, 6.45) is -4.73. The number of ether oxygens (including phenoxy) is 1. The van der Waals surface area contributed by atoms with E-state index in [0.717, 1.165) is 0 Å². The van der Waals surface area contributed by atoms with E-state index in [1.807, 2.05) is 0 Å². The van der Waals surface area contributed by atoms with Crippen LogP contribution in [0.2, 0.25) is 5.15 Å². The van der Waals surface area contributed by atoms with E-state index in [-0.39, 0.29) is 16.7 Å². The van der Waals surface area contributed by atoms with Gasteiger partial charge in [0, 0.05) is 5.69 Å². The van der Waals surface area contributed by atoms with Crippen molar-refractivity contribution in [3.05, 3.63) is 41.6 Å². The number of alkyl halides is 3. The van der Waals surface area contributed by atoms with Crippen LogP contribution < -0.4 is 10.1 Å². The number of halogens is 4. The van der Waals surface area contributed by atoms with Gasteiger partial charge in [-0.1, -0.05) is 11.6 Å². The topological polar surface area (TPSA) is 72.8 Å². The minimum Gasteiger partial charge on any atom is -0.406 e. The smallest absolute Gasteiger partial charge is 0.406 e. The van der Waals surface area contributed by atoms with Crippen molar-refractivity contribution in [1.82, 2.24) is 20.4 Å². The molecular formula is C13H7ClF3N5O. The molecule has 1 aromatic carbocycles. The molecule has 0 spiro atoms. The summed E-state index contributed by atoms with van der Waals surface area (Å²) in [5.74, 6) is -0.0446. The Hall–Kier alpha value is -2.68. The van der Waals surface area contributed by atoms with E-state index in [1.54, 1.807) is 12.1 Å². The summed E-state index contributed by atoms with van der Waals surface area (Å²) in [6, 6.07) is 8.34. The molecule has 0 saturated heterocycles. The Morgan fingerprint density at radius 2 is 1.74 bits per heavy atom. The second kappa shape index (κ2) is 5.84. The third-order valence-corrected chi connectivity index (χ3v) is 2.92. The first kappa shape index (κ1) is 15.2. The van der Waals surface area contributed by atoms with Gasteiger partial charge in [-0.05, 0) is 41.6 Å². The van der Waals surface area contributed by atoms with Crippen LogP contribution in [0.1, 0.15) is 0 Å². The molecule has 0 fully saturated rings. The van der Waals surface area contributed by atoms with Crippen molar-refractivity contribution >= 4 is 34.1 Å². The Balaban J connectivity index is 1.86. The van der Waals surface area contributed by atoms with Gasteiger partial charge in [0.25, 0.3) is 0 Å². The summed E-state index contributed by atoms with van der Waals surface area (Å²) < 4.78 is 40.1. The molecule has 0 amide bonds. The van der Waals surface area contributed by atoms with E-state index < -0.39 is 6.36 Å². The second-order valence-corrected chi connectivity index (χ2v) is 4.72. The Morgan fingerprint density at radius 1 is 1.00 bits per heavy atom. The fourth-order valence-electron chi connectivity index (χ4n) is 1.81. The molecule has 6 nitrogen and oxygen atoms in total. The van der Waals surface area contributed by atoms with Crippen molar-refractivity contribution < 1.29 is 17.9 Å². The molecule has 118 valence electrons. The van der Waals surface area contributed by atoms with Gasteiger partial charge in [0.15, 0.2) is 5.82 Å². The van der Waals surface area contributed by atoms with Crippen LogP contribution in [0.15, 0.2) is 36.4 Å². The molecule has 0 aliphatic rings. The lowest BCUT2D eigenvalue weighted by Crippen LogP contribution is -2.17. The third kappa shape index (κ3) is 3.75. The number of fused-ring (bicyclic) bond motifs is 1. The largest absolute Gasteiger partial charge is 0.573 e. The van der Waals surface area contributed by atoms with Crippen molar-refractivity contribution in [3.63, 3.8) is 0 Å². The maximum absolute atomic E-state index is 12.1. The number of hydrogen-bond donors (Lipinski definition) is 1. The highest BCUT2D eigenvalue weighted by molar-refractivity contribution is 6.29. The van der Waals surface area contributed by atoms with E-state index in [4.69, 9.17) is 11.6 Å². The van der Waals surface area contributed by atoms with Gasteiger partial charge in [0.2, 0.25) is 0 Å². The number of hydrogen-bond acceptors (Lipinski definition) is 6. The predicted molar refractivity (Wildman–Crippen MR) is 76.5 cm³/mol. The number of anilines is 2. The monoisotopic (exact) mass is 341 g/mol. The first-order valence-electron chi connectivity index (χ1n) is 6.19.